The molecule has 0 radical (unpaired) electrons. The third kappa shape index (κ3) is 4.32. The Labute approximate surface area is 118 Å². The third-order valence-electron chi connectivity index (χ3n) is 4.11. The van der Waals surface area contributed by atoms with E-state index >= 15 is 0 Å². The van der Waals surface area contributed by atoms with Gasteiger partial charge in [0.2, 0.25) is 0 Å². The minimum atomic E-state index is 0.630. The Morgan fingerprint density at radius 2 is 2.00 bits per heavy atom. The zero-order chi connectivity index (χ0) is 13.7. The number of hydrogen-bond acceptors (Lipinski definition) is 2. The average Bonchev–Trinajstić information content (AvgIpc) is 2.84. The fraction of sp³-hybridized carbons (Fsp3) is 0.647. The summed E-state index contributed by atoms with van der Waals surface area (Å²) < 4.78 is 0. The highest BCUT2D eigenvalue weighted by atomic mass is 15.1. The lowest BCUT2D eigenvalue weighted by atomic mass is 10.0. The van der Waals surface area contributed by atoms with Crippen LogP contribution < -0.4 is 5.32 Å². The van der Waals surface area contributed by atoms with Gasteiger partial charge in [-0.3, -0.25) is 4.90 Å². The molecule has 2 rings (SSSR count). The molecule has 1 saturated heterocycles. The summed E-state index contributed by atoms with van der Waals surface area (Å²) in [7, 11) is 0. The predicted octanol–water partition coefficient (Wildman–Crippen LogP) is 3.24. The van der Waals surface area contributed by atoms with E-state index < -0.39 is 0 Å². The summed E-state index contributed by atoms with van der Waals surface area (Å²) in [5, 5.41) is 3.47. The molecule has 1 aromatic carbocycles. The number of benzene rings is 1. The van der Waals surface area contributed by atoms with Gasteiger partial charge in [0.05, 0.1) is 0 Å². The number of nitrogens with one attached hydrogen (secondary N) is 1. The zero-order valence-electron chi connectivity index (χ0n) is 12.7. The average molecular weight is 260 g/mol. The number of nitrogens with zero attached hydrogens (tertiary/aromatic N) is 1. The van der Waals surface area contributed by atoms with Gasteiger partial charge in [-0.2, -0.15) is 0 Å². The summed E-state index contributed by atoms with van der Waals surface area (Å²) in [6.07, 6.45) is 1.34. The Balaban J connectivity index is 1.82. The number of rotatable bonds is 6. The van der Waals surface area contributed by atoms with Crippen molar-refractivity contribution in [2.75, 3.05) is 26.2 Å². The van der Waals surface area contributed by atoms with Crippen molar-refractivity contribution in [2.24, 2.45) is 5.92 Å². The first-order valence-electron chi connectivity index (χ1n) is 7.71. The molecule has 1 heterocycles. The maximum atomic E-state index is 3.47. The minimum Gasteiger partial charge on any atom is -0.317 e. The Morgan fingerprint density at radius 3 is 2.63 bits per heavy atom. The number of hydrogen-bond donors (Lipinski definition) is 1. The van der Waals surface area contributed by atoms with Gasteiger partial charge in [0.1, 0.15) is 0 Å². The maximum Gasteiger partial charge on any atom is 0.0233 e. The summed E-state index contributed by atoms with van der Waals surface area (Å²) in [5.41, 5.74) is 2.89. The van der Waals surface area contributed by atoms with Crippen LogP contribution in [0.4, 0.5) is 0 Å². The van der Waals surface area contributed by atoms with E-state index in [-0.39, 0.29) is 0 Å². The Morgan fingerprint density at radius 1 is 1.26 bits per heavy atom. The Hall–Kier alpha value is -0.860. The Kier molecular flexibility index (Phi) is 5.41. The van der Waals surface area contributed by atoms with E-state index in [9.17, 15) is 0 Å². The van der Waals surface area contributed by atoms with Crippen LogP contribution in [0.5, 0.6) is 0 Å². The lowest BCUT2D eigenvalue weighted by Crippen LogP contribution is -2.26. The molecule has 0 amide bonds. The van der Waals surface area contributed by atoms with Crippen LogP contribution in [-0.4, -0.2) is 31.1 Å². The van der Waals surface area contributed by atoms with Gasteiger partial charge < -0.3 is 5.32 Å². The minimum absolute atomic E-state index is 0.630. The summed E-state index contributed by atoms with van der Waals surface area (Å²) in [6, 6.07) is 9.16. The topological polar surface area (TPSA) is 15.3 Å². The van der Waals surface area contributed by atoms with E-state index in [2.05, 4.69) is 55.3 Å². The van der Waals surface area contributed by atoms with Crippen LogP contribution in [0.1, 0.15) is 44.2 Å². The van der Waals surface area contributed by atoms with Gasteiger partial charge in [-0.05, 0) is 49.0 Å². The first-order chi connectivity index (χ1) is 9.19. The van der Waals surface area contributed by atoms with Gasteiger partial charge in [-0.1, -0.05) is 45.0 Å². The molecular formula is C17H28N2. The molecule has 1 aromatic rings. The highest BCUT2D eigenvalue weighted by Crippen LogP contribution is 2.20. The summed E-state index contributed by atoms with van der Waals surface area (Å²) >= 11 is 0. The van der Waals surface area contributed by atoms with Gasteiger partial charge in [0, 0.05) is 13.1 Å². The molecule has 1 unspecified atom stereocenters. The van der Waals surface area contributed by atoms with E-state index in [1.54, 1.807) is 0 Å². The zero-order valence-corrected chi connectivity index (χ0v) is 12.7. The molecule has 1 fully saturated rings. The normalized spacial score (nSPS) is 20.3. The second-order valence-electron chi connectivity index (χ2n) is 6.09. The summed E-state index contributed by atoms with van der Waals surface area (Å²) in [5.74, 6) is 1.47. The summed E-state index contributed by atoms with van der Waals surface area (Å²) in [6.45, 7) is 12.6. The molecule has 106 valence electrons. The van der Waals surface area contributed by atoms with Crippen molar-refractivity contribution in [3.63, 3.8) is 0 Å². The monoisotopic (exact) mass is 260 g/mol. The van der Waals surface area contributed by atoms with E-state index in [1.807, 2.05) is 0 Å². The van der Waals surface area contributed by atoms with Crippen molar-refractivity contribution in [3.05, 3.63) is 35.4 Å². The second kappa shape index (κ2) is 7.06. The van der Waals surface area contributed by atoms with E-state index in [1.165, 1.54) is 37.2 Å². The van der Waals surface area contributed by atoms with Crippen LogP contribution in [0.3, 0.4) is 0 Å². The molecular weight excluding hydrogens is 232 g/mol. The second-order valence-corrected chi connectivity index (χ2v) is 6.09. The molecule has 1 aliphatic heterocycles. The van der Waals surface area contributed by atoms with E-state index in [0.29, 0.717) is 5.92 Å². The summed E-state index contributed by atoms with van der Waals surface area (Å²) in [4.78, 5) is 2.59. The Bertz CT molecular complexity index is 369. The van der Waals surface area contributed by atoms with Gasteiger partial charge in [0.25, 0.3) is 0 Å². The lowest BCUT2D eigenvalue weighted by molar-refractivity contribution is 0.314. The quantitative estimate of drug-likeness (QED) is 0.844. The van der Waals surface area contributed by atoms with Gasteiger partial charge in [0.15, 0.2) is 0 Å². The van der Waals surface area contributed by atoms with Gasteiger partial charge in [-0.15, -0.1) is 0 Å². The van der Waals surface area contributed by atoms with Crippen LogP contribution in [-0.2, 0) is 6.54 Å². The van der Waals surface area contributed by atoms with Crippen LogP contribution >= 0.6 is 0 Å². The number of likely N-dealkylation sites (tertiary alicyclic amines) is 1. The third-order valence-corrected chi connectivity index (χ3v) is 4.11. The first kappa shape index (κ1) is 14.5. The molecule has 0 saturated carbocycles. The smallest absolute Gasteiger partial charge is 0.0233 e. The molecule has 0 spiro atoms. The fourth-order valence-corrected chi connectivity index (χ4v) is 2.84. The van der Waals surface area contributed by atoms with Crippen molar-refractivity contribution in [2.45, 2.75) is 39.7 Å². The van der Waals surface area contributed by atoms with Crippen LogP contribution in [0.2, 0.25) is 0 Å². The predicted molar refractivity (Wildman–Crippen MR) is 82.5 cm³/mol. The van der Waals surface area contributed by atoms with Gasteiger partial charge in [-0.25, -0.2) is 0 Å². The van der Waals surface area contributed by atoms with Crippen LogP contribution in [0, 0.1) is 5.92 Å². The molecule has 0 aromatic heterocycles. The van der Waals surface area contributed by atoms with Crippen molar-refractivity contribution >= 4 is 0 Å². The molecule has 2 heteroatoms. The van der Waals surface area contributed by atoms with Crippen LogP contribution in [0.25, 0.3) is 0 Å². The maximum absolute atomic E-state index is 3.47. The fourth-order valence-electron chi connectivity index (χ4n) is 2.84. The van der Waals surface area contributed by atoms with Gasteiger partial charge >= 0.3 is 0 Å². The molecule has 1 aliphatic rings. The van der Waals surface area contributed by atoms with E-state index in [0.717, 1.165) is 19.0 Å². The highest BCUT2D eigenvalue weighted by Gasteiger charge is 2.21. The lowest BCUT2D eigenvalue weighted by Gasteiger charge is -2.17. The van der Waals surface area contributed by atoms with E-state index in [4.69, 9.17) is 0 Å². The van der Waals surface area contributed by atoms with Crippen molar-refractivity contribution in [1.82, 2.24) is 10.2 Å². The molecule has 1 N–H and O–H groups in total. The van der Waals surface area contributed by atoms with Crippen LogP contribution in [0.15, 0.2) is 24.3 Å². The molecule has 2 nitrogen and oxygen atoms in total. The van der Waals surface area contributed by atoms with Crippen molar-refractivity contribution in [1.29, 1.82) is 0 Å². The molecule has 1 atom stereocenters. The highest BCUT2D eigenvalue weighted by molar-refractivity contribution is 5.24. The molecule has 0 bridgehead atoms. The molecule has 0 aliphatic carbocycles. The van der Waals surface area contributed by atoms with Crippen molar-refractivity contribution < 1.29 is 0 Å². The SMILES string of the molecule is CCNCC1CCN(Cc2ccc(C(C)C)cc2)C1. The first-order valence-corrected chi connectivity index (χ1v) is 7.71. The largest absolute Gasteiger partial charge is 0.317 e. The molecule has 19 heavy (non-hydrogen) atoms. The standard InChI is InChI=1S/C17H28N2/c1-4-18-11-16-9-10-19(13-16)12-15-5-7-17(8-6-15)14(2)3/h5-8,14,16,18H,4,9-13H2,1-3H3. The van der Waals surface area contributed by atoms with Crippen molar-refractivity contribution in [3.8, 4) is 0 Å².